The second-order valence-corrected chi connectivity index (χ2v) is 6.36. The summed E-state index contributed by atoms with van der Waals surface area (Å²) in [5, 5.41) is 0.562. The Hall–Kier alpha value is -2.40. The number of aromatic nitrogens is 1. The minimum absolute atomic E-state index is 0.252. The third kappa shape index (κ3) is 6.36. The van der Waals surface area contributed by atoms with Crippen LogP contribution in [0.1, 0.15) is 37.8 Å². The van der Waals surface area contributed by atoms with E-state index in [1.807, 2.05) is 30.3 Å². The van der Waals surface area contributed by atoms with E-state index in [2.05, 4.69) is 4.98 Å². The Morgan fingerprint density at radius 3 is 1.96 bits per heavy atom. The van der Waals surface area contributed by atoms with Crippen molar-refractivity contribution in [2.24, 2.45) is 0 Å². The zero-order valence-electron chi connectivity index (χ0n) is 15.7. The van der Waals surface area contributed by atoms with Gasteiger partial charge in [0.05, 0.1) is 18.9 Å². The lowest BCUT2D eigenvalue weighted by molar-refractivity contribution is -0.143. The van der Waals surface area contributed by atoms with Gasteiger partial charge in [-0.3, -0.25) is 14.6 Å². The molecule has 0 aliphatic heterocycles. The first kappa shape index (κ1) is 20.9. The van der Waals surface area contributed by atoms with Gasteiger partial charge < -0.3 is 9.47 Å². The number of esters is 2. The summed E-state index contributed by atoms with van der Waals surface area (Å²) in [4.78, 5) is 28.0. The smallest absolute Gasteiger partial charge is 0.306 e. The summed E-state index contributed by atoms with van der Waals surface area (Å²) >= 11 is 6.31. The van der Waals surface area contributed by atoms with E-state index >= 15 is 0 Å². The predicted octanol–water partition coefficient (Wildman–Crippen LogP) is 4.39. The number of halogens is 1. The Bertz CT molecular complexity index is 734. The summed E-state index contributed by atoms with van der Waals surface area (Å²) < 4.78 is 10.1. The van der Waals surface area contributed by atoms with Crippen LogP contribution < -0.4 is 0 Å². The molecule has 2 aromatic rings. The molecule has 0 bridgehead atoms. The lowest BCUT2D eigenvalue weighted by atomic mass is 9.92. The van der Waals surface area contributed by atoms with Crippen LogP contribution in [-0.4, -0.2) is 30.1 Å². The first-order valence-electron chi connectivity index (χ1n) is 9.09. The average molecular weight is 390 g/mol. The largest absolute Gasteiger partial charge is 0.466 e. The minimum Gasteiger partial charge on any atom is -0.466 e. The van der Waals surface area contributed by atoms with Crippen molar-refractivity contribution in [2.45, 2.75) is 39.5 Å². The minimum atomic E-state index is -0.252. The Morgan fingerprint density at radius 1 is 0.963 bits per heavy atom. The average Bonchev–Trinajstić information content (AvgIpc) is 2.65. The van der Waals surface area contributed by atoms with Crippen molar-refractivity contribution in [2.75, 3.05) is 13.2 Å². The molecule has 6 heteroatoms. The summed E-state index contributed by atoms with van der Waals surface area (Å²) in [5.74, 6) is -0.505. The van der Waals surface area contributed by atoms with E-state index in [0.717, 1.165) is 22.4 Å². The molecule has 0 aliphatic rings. The van der Waals surface area contributed by atoms with Crippen molar-refractivity contribution < 1.29 is 19.1 Å². The molecule has 0 fully saturated rings. The van der Waals surface area contributed by atoms with Crippen molar-refractivity contribution >= 4 is 23.5 Å². The lowest BCUT2D eigenvalue weighted by Gasteiger charge is -2.15. The van der Waals surface area contributed by atoms with Crippen LogP contribution in [0, 0.1) is 0 Å². The Kier molecular flexibility index (Phi) is 8.27. The zero-order valence-corrected chi connectivity index (χ0v) is 16.4. The summed E-state index contributed by atoms with van der Waals surface area (Å²) in [6.45, 7) is 4.27. The van der Waals surface area contributed by atoms with Crippen molar-refractivity contribution in [3.05, 3.63) is 52.7 Å². The molecule has 0 saturated heterocycles. The second kappa shape index (κ2) is 10.7. The third-order valence-corrected chi connectivity index (χ3v) is 4.21. The molecule has 27 heavy (non-hydrogen) atoms. The van der Waals surface area contributed by atoms with Crippen LogP contribution in [0.3, 0.4) is 0 Å². The van der Waals surface area contributed by atoms with Gasteiger partial charge in [0.25, 0.3) is 0 Å². The molecule has 0 atom stereocenters. The van der Waals surface area contributed by atoms with Crippen LogP contribution >= 0.6 is 11.6 Å². The van der Waals surface area contributed by atoms with Gasteiger partial charge in [0.15, 0.2) is 0 Å². The van der Waals surface area contributed by atoms with E-state index in [-0.39, 0.29) is 24.8 Å². The number of hydrogen-bond acceptors (Lipinski definition) is 5. The fraction of sp³-hybridized carbons (Fsp3) is 0.381. The molecule has 0 spiro atoms. The number of ether oxygens (including phenoxy) is 2. The van der Waals surface area contributed by atoms with Gasteiger partial charge >= 0.3 is 11.9 Å². The fourth-order valence-corrected chi connectivity index (χ4v) is 3.16. The van der Waals surface area contributed by atoms with Crippen LogP contribution in [0.15, 0.2) is 36.5 Å². The van der Waals surface area contributed by atoms with Gasteiger partial charge in [0, 0.05) is 29.6 Å². The first-order valence-corrected chi connectivity index (χ1v) is 9.46. The standard InChI is InChI=1S/C21H24ClNO4/c1-3-26-19(24)10-8-15-13-17(22)14-16(9-11-20(25)27-4-2)21(15)18-7-5-6-12-23-18/h5-7,12-14H,3-4,8-11H2,1-2H3. The van der Waals surface area contributed by atoms with Gasteiger partial charge in [-0.1, -0.05) is 17.7 Å². The maximum Gasteiger partial charge on any atom is 0.306 e. The van der Waals surface area contributed by atoms with Crippen molar-refractivity contribution in [1.82, 2.24) is 4.98 Å². The molecule has 0 N–H and O–H groups in total. The highest BCUT2D eigenvalue weighted by Crippen LogP contribution is 2.31. The van der Waals surface area contributed by atoms with Crippen LogP contribution in [0.5, 0.6) is 0 Å². The summed E-state index contributed by atoms with van der Waals surface area (Å²) in [6, 6.07) is 9.35. The number of hydrogen-bond donors (Lipinski definition) is 0. The summed E-state index contributed by atoms with van der Waals surface area (Å²) in [7, 11) is 0. The summed E-state index contributed by atoms with van der Waals surface area (Å²) in [5.41, 5.74) is 3.52. The van der Waals surface area contributed by atoms with E-state index in [4.69, 9.17) is 21.1 Å². The zero-order chi connectivity index (χ0) is 19.6. The molecule has 0 unspecified atom stereocenters. The number of benzene rings is 1. The van der Waals surface area contributed by atoms with Gasteiger partial charge in [-0.15, -0.1) is 0 Å². The SMILES string of the molecule is CCOC(=O)CCc1cc(Cl)cc(CCC(=O)OCC)c1-c1ccccn1. The van der Waals surface area contributed by atoms with Gasteiger partial charge in [-0.25, -0.2) is 0 Å². The molecule has 0 radical (unpaired) electrons. The Labute approximate surface area is 164 Å². The maximum absolute atomic E-state index is 11.8. The fourth-order valence-electron chi connectivity index (χ4n) is 2.90. The molecule has 2 rings (SSSR count). The number of carbonyl (C=O) groups excluding carboxylic acids is 2. The van der Waals surface area contributed by atoms with Crippen LogP contribution in [0.25, 0.3) is 11.3 Å². The van der Waals surface area contributed by atoms with E-state index < -0.39 is 0 Å². The number of rotatable bonds is 9. The van der Waals surface area contributed by atoms with Gasteiger partial charge in [0.1, 0.15) is 0 Å². The Morgan fingerprint density at radius 2 is 1.52 bits per heavy atom. The summed E-state index contributed by atoms with van der Waals surface area (Å²) in [6.07, 6.45) is 3.19. The number of nitrogens with zero attached hydrogens (tertiary/aromatic N) is 1. The van der Waals surface area contributed by atoms with Gasteiger partial charge in [0.2, 0.25) is 0 Å². The van der Waals surface area contributed by atoms with Crippen molar-refractivity contribution in [1.29, 1.82) is 0 Å². The molecule has 0 saturated carbocycles. The topological polar surface area (TPSA) is 65.5 Å². The maximum atomic E-state index is 11.8. The Balaban J connectivity index is 2.36. The predicted molar refractivity (Wildman–Crippen MR) is 105 cm³/mol. The number of aryl methyl sites for hydroxylation is 2. The molecule has 144 valence electrons. The molecule has 5 nitrogen and oxygen atoms in total. The van der Waals surface area contributed by atoms with E-state index in [9.17, 15) is 9.59 Å². The van der Waals surface area contributed by atoms with Crippen molar-refractivity contribution in [3.63, 3.8) is 0 Å². The molecule has 0 amide bonds. The van der Waals surface area contributed by atoms with E-state index in [1.165, 1.54) is 0 Å². The van der Waals surface area contributed by atoms with E-state index in [0.29, 0.717) is 31.1 Å². The normalized spacial score (nSPS) is 10.5. The molecule has 1 aromatic heterocycles. The van der Waals surface area contributed by atoms with E-state index in [1.54, 1.807) is 20.0 Å². The molecule has 0 aliphatic carbocycles. The van der Waals surface area contributed by atoms with Gasteiger partial charge in [-0.2, -0.15) is 0 Å². The second-order valence-electron chi connectivity index (χ2n) is 5.92. The molecule has 1 heterocycles. The number of carbonyl (C=O) groups is 2. The molecular formula is C21H24ClNO4. The monoisotopic (exact) mass is 389 g/mol. The first-order chi connectivity index (χ1) is 13.0. The highest BCUT2D eigenvalue weighted by molar-refractivity contribution is 6.30. The van der Waals surface area contributed by atoms with Gasteiger partial charge in [-0.05, 0) is 62.1 Å². The quantitative estimate of drug-likeness (QED) is 0.595. The van der Waals surface area contributed by atoms with Crippen LogP contribution in [0.2, 0.25) is 5.02 Å². The highest BCUT2D eigenvalue weighted by Gasteiger charge is 2.16. The molecule has 1 aromatic carbocycles. The number of pyridine rings is 1. The van der Waals surface area contributed by atoms with Crippen molar-refractivity contribution in [3.8, 4) is 11.3 Å². The van der Waals surface area contributed by atoms with Crippen LogP contribution in [-0.2, 0) is 31.9 Å². The molecular weight excluding hydrogens is 366 g/mol. The highest BCUT2D eigenvalue weighted by atomic mass is 35.5. The third-order valence-electron chi connectivity index (χ3n) is 4.00. The lowest BCUT2D eigenvalue weighted by Crippen LogP contribution is -2.08. The van der Waals surface area contributed by atoms with Crippen LogP contribution in [0.4, 0.5) is 0 Å².